The molecule has 0 aliphatic heterocycles. The zero-order valence-corrected chi connectivity index (χ0v) is 36.7. The topological polar surface area (TPSA) is 264 Å². The summed E-state index contributed by atoms with van der Waals surface area (Å²) in [5.74, 6) is -2.77. The van der Waals surface area contributed by atoms with Crippen LogP contribution in [-0.2, 0) is 19.2 Å². The lowest BCUT2D eigenvalue weighted by atomic mass is 9.96. The molecule has 344 valence electrons. The van der Waals surface area contributed by atoms with Crippen LogP contribution < -0.4 is 23.7 Å². The number of carboxylic acid groups (broad SMARTS) is 4. The van der Waals surface area contributed by atoms with Crippen molar-refractivity contribution in [2.75, 3.05) is 35.5 Å². The van der Waals surface area contributed by atoms with Crippen LogP contribution in [-0.4, -0.2) is 103 Å². The SMILES string of the molecule is COc1ccc(C(=O)C(C)CC(=O)O)cc1.COc1ccc(C(=O)CC(C)C(=O)O)cc1.COc1ccc(C(=O)CCC(=O)O)cc1.COc1ccc(C(=O)CCC(=O)O)cc1OC. The Bertz CT molecular complexity index is 2160. The zero-order valence-electron chi connectivity index (χ0n) is 36.7. The molecule has 64 heavy (non-hydrogen) atoms. The van der Waals surface area contributed by atoms with E-state index in [0.29, 0.717) is 51.0 Å². The molecule has 0 aliphatic carbocycles. The number of hydrogen-bond acceptors (Lipinski definition) is 13. The molecule has 0 bridgehead atoms. The highest BCUT2D eigenvalue weighted by Crippen LogP contribution is 2.28. The molecule has 4 aromatic rings. The summed E-state index contributed by atoms with van der Waals surface area (Å²) in [6.45, 7) is 3.13. The van der Waals surface area contributed by atoms with Crippen LogP contribution in [0.25, 0.3) is 0 Å². The molecule has 0 heterocycles. The van der Waals surface area contributed by atoms with Crippen LogP contribution in [0.5, 0.6) is 28.7 Å². The molecule has 0 saturated heterocycles. The van der Waals surface area contributed by atoms with Gasteiger partial charge in [-0.25, -0.2) is 0 Å². The van der Waals surface area contributed by atoms with Gasteiger partial charge in [-0.15, -0.1) is 0 Å². The molecule has 0 aliphatic rings. The number of ether oxygens (including phenoxy) is 5. The van der Waals surface area contributed by atoms with Crippen LogP contribution in [0.4, 0.5) is 0 Å². The molecule has 2 unspecified atom stereocenters. The minimum absolute atomic E-state index is 0.0155. The fraction of sp³-hybridized carbons (Fsp3) is 0.319. The number of aliphatic carboxylic acids is 4. The Labute approximate surface area is 370 Å². The first kappa shape index (κ1) is 54.5. The van der Waals surface area contributed by atoms with Crippen molar-refractivity contribution in [1.29, 1.82) is 0 Å². The lowest BCUT2D eigenvalue weighted by molar-refractivity contribution is -0.141. The predicted molar refractivity (Wildman–Crippen MR) is 232 cm³/mol. The van der Waals surface area contributed by atoms with Gasteiger partial charge in [-0.05, 0) is 91.0 Å². The van der Waals surface area contributed by atoms with E-state index in [1.54, 1.807) is 119 Å². The number of ketones is 4. The van der Waals surface area contributed by atoms with Gasteiger partial charge in [0.15, 0.2) is 34.6 Å². The van der Waals surface area contributed by atoms with E-state index in [0.717, 1.165) is 0 Å². The van der Waals surface area contributed by atoms with Crippen LogP contribution in [0.1, 0.15) is 93.8 Å². The maximum absolute atomic E-state index is 11.8. The van der Waals surface area contributed by atoms with Crippen LogP contribution >= 0.6 is 0 Å². The quantitative estimate of drug-likeness (QED) is 0.0591. The van der Waals surface area contributed by atoms with Crippen LogP contribution in [0, 0.1) is 11.8 Å². The number of rotatable bonds is 21. The Balaban J connectivity index is 0.000000427. The average Bonchev–Trinajstić information content (AvgIpc) is 3.29. The molecule has 4 aromatic carbocycles. The third-order valence-electron chi connectivity index (χ3n) is 8.88. The van der Waals surface area contributed by atoms with Crippen molar-refractivity contribution in [3.63, 3.8) is 0 Å². The number of Topliss-reactive ketones (excluding diaryl/α,β-unsaturated/α-hetero) is 4. The molecule has 2 atom stereocenters. The van der Waals surface area contributed by atoms with Crippen molar-refractivity contribution < 1.29 is 82.5 Å². The molecule has 0 radical (unpaired) electrons. The van der Waals surface area contributed by atoms with E-state index in [2.05, 4.69) is 0 Å². The lowest BCUT2D eigenvalue weighted by Gasteiger charge is -2.08. The second-order valence-electron chi connectivity index (χ2n) is 13.6. The standard InChI is InChI=1S/C12H14O5.2C12H14O4.C11H12O4/c1-16-10-5-3-8(7-11(10)17-2)9(13)4-6-12(14)15;1-8(7-11(13)14)12(15)9-3-5-10(16-2)6-4-9;1-8(12(14)15)7-11(13)9-3-5-10(16-2)6-4-9;1-15-9-4-2-8(3-5-9)10(12)6-7-11(13)14/h3,5,7H,4,6H2,1-2H3,(H,14,15);3-6,8H,7H2,1-2H3,(H,13,14);3-6,8H,7H2,1-2H3,(H,14,15);2-5H,6-7H2,1H3,(H,13,14). The largest absolute Gasteiger partial charge is 0.497 e. The van der Waals surface area contributed by atoms with Gasteiger partial charge in [-0.1, -0.05) is 13.8 Å². The van der Waals surface area contributed by atoms with Crippen molar-refractivity contribution in [3.8, 4) is 28.7 Å². The summed E-state index contributed by atoms with van der Waals surface area (Å²) in [4.78, 5) is 88.2. The first-order chi connectivity index (χ1) is 30.3. The summed E-state index contributed by atoms with van der Waals surface area (Å²) in [6, 6.07) is 24.6. The molecule has 17 nitrogen and oxygen atoms in total. The Hall–Kier alpha value is -7.56. The Morgan fingerprint density at radius 3 is 1.14 bits per heavy atom. The molecular formula is C47H54O17. The maximum atomic E-state index is 11.8. The number of hydrogen-bond donors (Lipinski definition) is 4. The minimum Gasteiger partial charge on any atom is -0.497 e. The summed E-state index contributed by atoms with van der Waals surface area (Å²) in [6.07, 6.45) is -0.433. The van der Waals surface area contributed by atoms with E-state index in [1.807, 2.05) is 0 Å². The summed E-state index contributed by atoms with van der Waals surface area (Å²) < 4.78 is 25.0. The number of benzene rings is 4. The third-order valence-corrected chi connectivity index (χ3v) is 8.88. The molecular weight excluding hydrogens is 836 g/mol. The highest BCUT2D eigenvalue weighted by Gasteiger charge is 2.19. The van der Waals surface area contributed by atoms with Crippen LogP contribution in [0.15, 0.2) is 91.0 Å². The van der Waals surface area contributed by atoms with Gasteiger partial charge >= 0.3 is 23.9 Å². The summed E-state index contributed by atoms with van der Waals surface area (Å²) in [7, 11) is 7.61. The zero-order chi connectivity index (χ0) is 48.4. The van der Waals surface area contributed by atoms with Gasteiger partial charge in [0.2, 0.25) is 0 Å². The second kappa shape index (κ2) is 28.9. The van der Waals surface area contributed by atoms with E-state index in [4.69, 9.17) is 44.1 Å². The van der Waals surface area contributed by atoms with Crippen molar-refractivity contribution >= 4 is 47.0 Å². The van der Waals surface area contributed by atoms with Gasteiger partial charge in [0.1, 0.15) is 17.2 Å². The summed E-state index contributed by atoms with van der Waals surface area (Å²) in [5.41, 5.74) is 1.95. The van der Waals surface area contributed by atoms with Crippen molar-refractivity contribution in [2.45, 2.75) is 52.4 Å². The fourth-order valence-corrected chi connectivity index (χ4v) is 5.17. The highest BCUT2D eigenvalue weighted by molar-refractivity contribution is 6.00. The van der Waals surface area contributed by atoms with Gasteiger partial charge in [0.05, 0.1) is 60.7 Å². The van der Waals surface area contributed by atoms with Crippen LogP contribution in [0.2, 0.25) is 0 Å². The maximum Gasteiger partial charge on any atom is 0.306 e. The van der Waals surface area contributed by atoms with E-state index >= 15 is 0 Å². The van der Waals surface area contributed by atoms with E-state index in [-0.39, 0.29) is 61.7 Å². The summed E-state index contributed by atoms with van der Waals surface area (Å²) >= 11 is 0. The summed E-state index contributed by atoms with van der Waals surface area (Å²) in [5, 5.41) is 34.2. The number of carbonyl (C=O) groups excluding carboxylic acids is 4. The molecule has 0 saturated carbocycles. The van der Waals surface area contributed by atoms with Gasteiger partial charge in [0, 0.05) is 47.4 Å². The van der Waals surface area contributed by atoms with Crippen LogP contribution in [0.3, 0.4) is 0 Å². The number of methoxy groups -OCH3 is 5. The Kier molecular flexibility index (Phi) is 24.6. The Morgan fingerprint density at radius 2 is 0.781 bits per heavy atom. The van der Waals surface area contributed by atoms with Gasteiger partial charge in [-0.2, -0.15) is 0 Å². The van der Waals surface area contributed by atoms with Gasteiger partial charge in [-0.3, -0.25) is 38.4 Å². The molecule has 17 heteroatoms. The van der Waals surface area contributed by atoms with Crippen molar-refractivity contribution in [1.82, 2.24) is 0 Å². The fourth-order valence-electron chi connectivity index (χ4n) is 5.17. The predicted octanol–water partition coefficient (Wildman–Crippen LogP) is 7.47. The Morgan fingerprint density at radius 1 is 0.406 bits per heavy atom. The minimum atomic E-state index is -0.987. The third kappa shape index (κ3) is 20.3. The van der Waals surface area contributed by atoms with Crippen molar-refractivity contribution in [3.05, 3.63) is 113 Å². The molecule has 4 rings (SSSR count). The molecule has 0 amide bonds. The number of carboxylic acids is 4. The normalized spacial score (nSPS) is 10.8. The van der Waals surface area contributed by atoms with E-state index < -0.39 is 35.7 Å². The number of carbonyl (C=O) groups is 8. The van der Waals surface area contributed by atoms with E-state index in [1.165, 1.54) is 21.1 Å². The monoisotopic (exact) mass is 890 g/mol. The second-order valence-corrected chi connectivity index (χ2v) is 13.6. The smallest absolute Gasteiger partial charge is 0.306 e. The first-order valence-electron chi connectivity index (χ1n) is 19.5. The average molecular weight is 891 g/mol. The molecule has 0 aromatic heterocycles. The molecule has 4 N–H and O–H groups in total. The first-order valence-corrected chi connectivity index (χ1v) is 19.5. The van der Waals surface area contributed by atoms with E-state index in [9.17, 15) is 38.4 Å². The van der Waals surface area contributed by atoms with Gasteiger partial charge in [0.25, 0.3) is 0 Å². The van der Waals surface area contributed by atoms with Crippen molar-refractivity contribution in [2.24, 2.45) is 11.8 Å². The highest BCUT2D eigenvalue weighted by atomic mass is 16.5. The molecule has 0 spiro atoms. The van der Waals surface area contributed by atoms with Gasteiger partial charge < -0.3 is 44.1 Å². The molecule has 0 fully saturated rings. The lowest BCUT2D eigenvalue weighted by Crippen LogP contribution is -2.15.